The smallest absolute Gasteiger partial charge is 0.407 e. The van der Waals surface area contributed by atoms with E-state index in [0.29, 0.717) is 17.9 Å². The highest BCUT2D eigenvalue weighted by atomic mass is 32.2. The SMILES string of the molecule is CC(C)C[C@H](NC(=O)OCC(C)(C)[S@@](=O)c1ccccc1)C(=O)N[C@@H](C[C@@H]1CCNC1=O)[C@H](O)S(=O)(=O)O. The molecule has 214 valence electrons. The molecule has 1 aliphatic rings. The number of carbonyl (C=O) groups excluding carboxylic acids is 3. The molecule has 1 aromatic carbocycles. The summed E-state index contributed by atoms with van der Waals surface area (Å²) < 4.78 is 49.8. The van der Waals surface area contributed by atoms with Gasteiger partial charge in [0.25, 0.3) is 10.1 Å². The largest absolute Gasteiger partial charge is 0.448 e. The Kier molecular flexibility index (Phi) is 11.2. The molecule has 14 heteroatoms. The first-order valence-corrected chi connectivity index (χ1v) is 14.9. The van der Waals surface area contributed by atoms with Crippen molar-refractivity contribution in [1.29, 1.82) is 0 Å². The summed E-state index contributed by atoms with van der Waals surface area (Å²) in [7, 11) is -6.46. The Hall–Kier alpha value is -2.55. The fraction of sp³-hybridized carbons (Fsp3) is 0.625. The van der Waals surface area contributed by atoms with Gasteiger partial charge in [-0.1, -0.05) is 32.0 Å². The Bertz CT molecular complexity index is 1110. The van der Waals surface area contributed by atoms with Crippen LogP contribution in [0.5, 0.6) is 0 Å². The summed E-state index contributed by atoms with van der Waals surface area (Å²) in [4.78, 5) is 38.2. The van der Waals surface area contributed by atoms with Gasteiger partial charge in [0.15, 0.2) is 0 Å². The highest BCUT2D eigenvalue weighted by Gasteiger charge is 2.38. The number of carbonyl (C=O) groups is 3. The Morgan fingerprint density at radius 1 is 1.21 bits per heavy atom. The van der Waals surface area contributed by atoms with E-state index in [4.69, 9.17) is 4.74 Å². The lowest BCUT2D eigenvalue weighted by Gasteiger charge is -2.28. The Morgan fingerprint density at radius 3 is 2.37 bits per heavy atom. The molecule has 0 unspecified atom stereocenters. The summed E-state index contributed by atoms with van der Waals surface area (Å²) in [5.41, 5.74) is -2.37. The quantitative estimate of drug-likeness (QED) is 0.213. The second-order valence-electron chi connectivity index (χ2n) is 10.3. The molecule has 0 saturated carbocycles. The number of alkyl carbamates (subject to hydrolysis) is 1. The summed E-state index contributed by atoms with van der Waals surface area (Å²) in [6.07, 6.45) is -0.690. The molecule has 0 radical (unpaired) electrons. The third kappa shape index (κ3) is 9.33. The number of amides is 3. The van der Waals surface area contributed by atoms with Gasteiger partial charge in [-0.3, -0.25) is 18.4 Å². The lowest BCUT2D eigenvalue weighted by Crippen LogP contribution is -2.55. The average Bonchev–Trinajstić information content (AvgIpc) is 3.24. The summed E-state index contributed by atoms with van der Waals surface area (Å²) in [6.45, 7) is 7.07. The predicted molar refractivity (Wildman–Crippen MR) is 140 cm³/mol. The zero-order valence-electron chi connectivity index (χ0n) is 21.9. The molecule has 1 aromatic rings. The number of aliphatic hydroxyl groups is 1. The average molecular weight is 576 g/mol. The fourth-order valence-electron chi connectivity index (χ4n) is 3.96. The van der Waals surface area contributed by atoms with Crippen LogP contribution in [0.15, 0.2) is 35.2 Å². The number of rotatable bonds is 13. The molecule has 0 bridgehead atoms. The van der Waals surface area contributed by atoms with Gasteiger partial charge < -0.3 is 25.8 Å². The van der Waals surface area contributed by atoms with E-state index >= 15 is 0 Å². The molecule has 1 saturated heterocycles. The first kappa shape index (κ1) is 31.7. The molecule has 1 heterocycles. The number of hydrogen-bond acceptors (Lipinski definition) is 8. The van der Waals surface area contributed by atoms with Gasteiger partial charge in [0.1, 0.15) is 12.6 Å². The highest BCUT2D eigenvalue weighted by molar-refractivity contribution is 7.86. The maximum absolute atomic E-state index is 13.1. The molecule has 0 aromatic heterocycles. The first-order valence-electron chi connectivity index (χ1n) is 12.2. The molecule has 1 fully saturated rings. The van der Waals surface area contributed by atoms with Crippen molar-refractivity contribution in [2.24, 2.45) is 11.8 Å². The van der Waals surface area contributed by atoms with Crippen molar-refractivity contribution >= 4 is 38.8 Å². The monoisotopic (exact) mass is 575 g/mol. The predicted octanol–water partition coefficient (Wildman–Crippen LogP) is 0.931. The van der Waals surface area contributed by atoms with Crippen LogP contribution in [0.2, 0.25) is 0 Å². The van der Waals surface area contributed by atoms with Crippen molar-refractivity contribution < 1.29 is 41.4 Å². The van der Waals surface area contributed by atoms with Gasteiger partial charge in [-0.15, -0.1) is 0 Å². The maximum atomic E-state index is 13.1. The third-order valence-electron chi connectivity index (χ3n) is 6.00. The van der Waals surface area contributed by atoms with Crippen LogP contribution in [-0.4, -0.2) is 75.6 Å². The molecule has 5 atom stereocenters. The van der Waals surface area contributed by atoms with Gasteiger partial charge in [-0.05, 0) is 51.2 Å². The van der Waals surface area contributed by atoms with Crippen LogP contribution >= 0.6 is 0 Å². The number of hydrogen-bond donors (Lipinski definition) is 5. The van der Waals surface area contributed by atoms with Gasteiger partial charge in [0.2, 0.25) is 17.3 Å². The Labute approximate surface area is 225 Å². The molecule has 5 N–H and O–H groups in total. The van der Waals surface area contributed by atoms with E-state index in [9.17, 15) is 36.7 Å². The second kappa shape index (κ2) is 13.5. The van der Waals surface area contributed by atoms with Crippen molar-refractivity contribution in [3.63, 3.8) is 0 Å². The summed E-state index contributed by atoms with van der Waals surface area (Å²) >= 11 is 0. The van der Waals surface area contributed by atoms with Crippen LogP contribution in [0.3, 0.4) is 0 Å². The fourth-order valence-corrected chi connectivity index (χ4v) is 5.76. The number of aliphatic hydroxyl groups excluding tert-OH is 1. The van der Waals surface area contributed by atoms with Gasteiger partial charge >= 0.3 is 6.09 Å². The van der Waals surface area contributed by atoms with Crippen molar-refractivity contribution in [3.05, 3.63) is 30.3 Å². The van der Waals surface area contributed by atoms with Crippen molar-refractivity contribution in [2.45, 2.75) is 74.1 Å². The standard InChI is InChI=1S/C24H37N3O9S2/c1-15(2)12-18(27-23(31)36-14-24(3,4)37(32)17-8-6-5-7-9-17)21(29)26-19(22(30)38(33,34)35)13-16-10-11-25-20(16)28/h5-9,15-16,18-19,22,30H,10-14H2,1-4H3,(H,25,28)(H,26,29)(H,27,31)(H,33,34,35)/t16-,18-,19-,22+,37-/m0/s1. The Balaban J connectivity index is 2.09. The normalized spacial score (nSPS) is 19.2. The van der Waals surface area contributed by atoms with Gasteiger partial charge in [-0.2, -0.15) is 8.42 Å². The molecule has 0 spiro atoms. The van der Waals surface area contributed by atoms with Gasteiger partial charge in [0.05, 0.1) is 21.6 Å². The lowest BCUT2D eigenvalue weighted by atomic mass is 9.97. The van der Waals surface area contributed by atoms with E-state index in [1.54, 1.807) is 58.0 Å². The summed E-state index contributed by atoms with van der Waals surface area (Å²) in [5, 5.41) is 17.6. The number of benzene rings is 1. The van der Waals surface area contributed by atoms with Gasteiger partial charge in [-0.25, -0.2) is 4.79 Å². The minimum absolute atomic E-state index is 0.0846. The topological polar surface area (TPSA) is 188 Å². The van der Waals surface area contributed by atoms with E-state index in [1.807, 2.05) is 0 Å². The van der Waals surface area contributed by atoms with Crippen LogP contribution in [0.4, 0.5) is 4.79 Å². The zero-order valence-corrected chi connectivity index (χ0v) is 23.5. The molecule has 38 heavy (non-hydrogen) atoms. The van der Waals surface area contributed by atoms with Crippen LogP contribution in [0.1, 0.15) is 47.0 Å². The maximum Gasteiger partial charge on any atom is 0.407 e. The lowest BCUT2D eigenvalue weighted by molar-refractivity contribution is -0.126. The van der Waals surface area contributed by atoms with Crippen molar-refractivity contribution in [3.8, 4) is 0 Å². The molecule has 12 nitrogen and oxygen atoms in total. The van der Waals surface area contributed by atoms with E-state index in [0.717, 1.165) is 0 Å². The van der Waals surface area contributed by atoms with Crippen molar-refractivity contribution in [1.82, 2.24) is 16.0 Å². The van der Waals surface area contributed by atoms with E-state index in [2.05, 4.69) is 16.0 Å². The van der Waals surface area contributed by atoms with Crippen LogP contribution in [-0.2, 0) is 35.2 Å². The third-order valence-corrected chi connectivity index (χ3v) is 8.76. The second-order valence-corrected chi connectivity index (χ2v) is 13.9. The molecule has 2 rings (SSSR count). The van der Waals surface area contributed by atoms with E-state index in [-0.39, 0.29) is 31.3 Å². The summed E-state index contributed by atoms with van der Waals surface area (Å²) in [5.74, 6) is -1.94. The first-order chi connectivity index (χ1) is 17.6. The van der Waals surface area contributed by atoms with Gasteiger partial charge in [0, 0.05) is 17.4 Å². The summed E-state index contributed by atoms with van der Waals surface area (Å²) in [6, 6.07) is 6.00. The minimum atomic E-state index is -4.97. The molecular formula is C24H37N3O9S2. The number of ether oxygens (including phenoxy) is 1. The van der Waals surface area contributed by atoms with E-state index < -0.39 is 61.1 Å². The van der Waals surface area contributed by atoms with Crippen LogP contribution in [0, 0.1) is 11.8 Å². The molecule has 1 aliphatic heterocycles. The zero-order chi connectivity index (χ0) is 28.7. The van der Waals surface area contributed by atoms with Crippen LogP contribution < -0.4 is 16.0 Å². The van der Waals surface area contributed by atoms with Crippen molar-refractivity contribution in [2.75, 3.05) is 13.2 Å². The molecule has 0 aliphatic carbocycles. The molecular weight excluding hydrogens is 538 g/mol. The molecule has 3 amide bonds. The Morgan fingerprint density at radius 2 is 1.84 bits per heavy atom. The number of nitrogens with one attached hydrogen (secondary N) is 3. The highest BCUT2D eigenvalue weighted by Crippen LogP contribution is 2.22. The van der Waals surface area contributed by atoms with Crippen LogP contribution in [0.25, 0.3) is 0 Å². The van der Waals surface area contributed by atoms with E-state index in [1.165, 1.54) is 0 Å². The minimum Gasteiger partial charge on any atom is -0.448 e.